The fourth-order valence-electron chi connectivity index (χ4n) is 3.23. The second kappa shape index (κ2) is 8.52. The number of hydrogen-bond acceptors (Lipinski definition) is 4. The van der Waals surface area contributed by atoms with Crippen molar-refractivity contribution in [1.29, 1.82) is 0 Å². The van der Waals surface area contributed by atoms with Crippen LogP contribution in [0.25, 0.3) is 0 Å². The van der Waals surface area contributed by atoms with E-state index in [1.807, 2.05) is 20.8 Å². The molecule has 1 aliphatic rings. The number of hydrogen-bond donors (Lipinski definition) is 2. The summed E-state index contributed by atoms with van der Waals surface area (Å²) in [4.78, 5) is 38.3. The maximum atomic E-state index is 12.7. The van der Waals surface area contributed by atoms with E-state index in [0.717, 1.165) is 6.42 Å². The first kappa shape index (κ1) is 20.9. The summed E-state index contributed by atoms with van der Waals surface area (Å²) in [5.74, 6) is -1.55. The van der Waals surface area contributed by atoms with E-state index < -0.39 is 11.4 Å². The van der Waals surface area contributed by atoms with Crippen LogP contribution in [0.4, 0.5) is 5.69 Å². The van der Waals surface area contributed by atoms with E-state index in [9.17, 15) is 19.5 Å². The first-order valence-corrected chi connectivity index (χ1v) is 9.08. The number of rotatable bonds is 5. The van der Waals surface area contributed by atoms with Gasteiger partial charge in [-0.2, -0.15) is 0 Å². The summed E-state index contributed by atoms with van der Waals surface area (Å²) >= 11 is 0. The molecule has 1 fully saturated rings. The molecule has 0 spiro atoms. The van der Waals surface area contributed by atoms with Gasteiger partial charge < -0.3 is 20.1 Å². The Morgan fingerprint density at radius 3 is 2.56 bits per heavy atom. The molecule has 148 valence electrons. The minimum Gasteiger partial charge on any atom is -0.478 e. The van der Waals surface area contributed by atoms with E-state index >= 15 is 0 Å². The fraction of sp³-hybridized carbons (Fsp3) is 0.550. The summed E-state index contributed by atoms with van der Waals surface area (Å²) in [5, 5.41) is 12.1. The number of nitrogens with one attached hydrogen (secondary N) is 1. The third-order valence-electron chi connectivity index (χ3n) is 4.54. The number of likely N-dealkylation sites (tertiary alicyclic amines) is 1. The van der Waals surface area contributed by atoms with Gasteiger partial charge in [0.2, 0.25) is 11.8 Å². The van der Waals surface area contributed by atoms with Gasteiger partial charge in [-0.15, -0.1) is 0 Å². The van der Waals surface area contributed by atoms with Crippen molar-refractivity contribution in [3.8, 4) is 0 Å². The Labute approximate surface area is 159 Å². The van der Waals surface area contributed by atoms with E-state index in [4.69, 9.17) is 4.74 Å². The first-order valence-electron chi connectivity index (χ1n) is 9.08. The van der Waals surface area contributed by atoms with Gasteiger partial charge in [0.15, 0.2) is 0 Å². The van der Waals surface area contributed by atoms with Gasteiger partial charge in [0.25, 0.3) is 0 Å². The Morgan fingerprint density at radius 1 is 1.26 bits per heavy atom. The van der Waals surface area contributed by atoms with E-state index in [-0.39, 0.29) is 29.9 Å². The van der Waals surface area contributed by atoms with Crippen molar-refractivity contribution >= 4 is 23.5 Å². The van der Waals surface area contributed by atoms with Crippen LogP contribution >= 0.6 is 0 Å². The number of benzene rings is 1. The van der Waals surface area contributed by atoms with Crippen molar-refractivity contribution in [3.05, 3.63) is 29.3 Å². The Balaban J connectivity index is 2.12. The van der Waals surface area contributed by atoms with E-state index in [1.54, 1.807) is 11.0 Å². The fourth-order valence-corrected chi connectivity index (χ4v) is 3.23. The molecule has 2 N–H and O–H groups in total. The molecule has 1 aromatic carbocycles. The molecule has 7 heteroatoms. The lowest BCUT2D eigenvalue weighted by Gasteiger charge is -2.35. The van der Waals surface area contributed by atoms with Crippen LogP contribution in [-0.2, 0) is 20.9 Å². The number of methoxy groups -OCH3 is 1. The predicted octanol–water partition coefficient (Wildman–Crippen LogP) is 2.75. The summed E-state index contributed by atoms with van der Waals surface area (Å²) < 4.78 is 5.06. The molecule has 1 aromatic rings. The lowest BCUT2D eigenvalue weighted by Crippen LogP contribution is -2.47. The number of ether oxygens (including phenoxy) is 1. The predicted molar refractivity (Wildman–Crippen MR) is 102 cm³/mol. The molecule has 1 saturated heterocycles. The van der Waals surface area contributed by atoms with Crippen molar-refractivity contribution in [3.63, 3.8) is 0 Å². The summed E-state index contributed by atoms with van der Waals surface area (Å²) in [7, 11) is 1.52. The highest BCUT2D eigenvalue weighted by molar-refractivity contribution is 5.95. The quantitative estimate of drug-likeness (QED) is 0.824. The van der Waals surface area contributed by atoms with Crippen LogP contribution in [0.15, 0.2) is 18.2 Å². The number of piperidine rings is 1. The largest absolute Gasteiger partial charge is 0.478 e. The van der Waals surface area contributed by atoms with Gasteiger partial charge in [0.05, 0.1) is 18.1 Å². The zero-order valence-electron chi connectivity index (χ0n) is 16.4. The molecule has 1 aliphatic heterocycles. The second-order valence-electron chi connectivity index (χ2n) is 7.99. The number of carboxylic acid groups (broad SMARTS) is 1. The Kier molecular flexibility index (Phi) is 6.59. The molecule has 7 nitrogen and oxygen atoms in total. The van der Waals surface area contributed by atoms with Crippen molar-refractivity contribution in [2.45, 2.75) is 40.2 Å². The summed E-state index contributed by atoms with van der Waals surface area (Å²) in [6.07, 6.45) is 1.47. The monoisotopic (exact) mass is 376 g/mol. The van der Waals surface area contributed by atoms with Gasteiger partial charge in [0.1, 0.15) is 0 Å². The highest BCUT2D eigenvalue weighted by Crippen LogP contribution is 2.25. The Morgan fingerprint density at radius 2 is 1.96 bits per heavy atom. The molecule has 0 aromatic heterocycles. The minimum absolute atomic E-state index is 0.0373. The van der Waals surface area contributed by atoms with Gasteiger partial charge in [0, 0.05) is 31.3 Å². The van der Waals surface area contributed by atoms with Crippen LogP contribution in [0.5, 0.6) is 0 Å². The number of amides is 2. The van der Waals surface area contributed by atoms with Gasteiger partial charge >= 0.3 is 5.97 Å². The smallest absolute Gasteiger partial charge is 0.335 e. The molecule has 0 saturated carbocycles. The third-order valence-corrected chi connectivity index (χ3v) is 4.54. The van der Waals surface area contributed by atoms with Crippen LogP contribution in [0, 0.1) is 11.3 Å². The molecule has 1 atom stereocenters. The minimum atomic E-state index is -1.07. The maximum absolute atomic E-state index is 12.7. The van der Waals surface area contributed by atoms with Crippen molar-refractivity contribution < 1.29 is 24.2 Å². The number of anilines is 1. The number of nitrogens with zero attached hydrogens (tertiary/aromatic N) is 1. The zero-order chi connectivity index (χ0) is 20.2. The highest BCUT2D eigenvalue weighted by atomic mass is 16.5. The van der Waals surface area contributed by atoms with E-state index in [1.165, 1.54) is 19.2 Å². The second-order valence-corrected chi connectivity index (χ2v) is 7.99. The Hall–Kier alpha value is -2.41. The molecule has 27 heavy (non-hydrogen) atoms. The first-order chi connectivity index (χ1) is 12.6. The van der Waals surface area contributed by atoms with Crippen molar-refractivity contribution in [2.75, 3.05) is 25.5 Å². The Bertz CT molecular complexity index is 724. The number of aromatic carboxylic acids is 1. The van der Waals surface area contributed by atoms with Crippen LogP contribution < -0.4 is 5.32 Å². The van der Waals surface area contributed by atoms with Gasteiger partial charge in [-0.1, -0.05) is 20.8 Å². The number of carbonyl (C=O) groups is 3. The SMILES string of the molecule is COCc1cc(NC(=O)C2CCCN(C(=O)C(C)(C)C)C2)cc(C(=O)O)c1. The van der Waals surface area contributed by atoms with Crippen molar-refractivity contribution in [2.24, 2.45) is 11.3 Å². The normalized spacial score (nSPS) is 17.5. The third kappa shape index (κ3) is 5.53. The van der Waals surface area contributed by atoms with E-state index in [0.29, 0.717) is 30.8 Å². The topological polar surface area (TPSA) is 95.9 Å². The van der Waals surface area contributed by atoms with E-state index in [2.05, 4.69) is 5.32 Å². The average Bonchev–Trinajstić information content (AvgIpc) is 2.60. The standard InChI is InChI=1S/C20H28N2O5/c1-20(2,3)19(26)22-7-5-6-14(11-22)17(23)21-16-9-13(12-27-4)8-15(10-16)18(24)25/h8-10,14H,5-7,11-12H2,1-4H3,(H,21,23)(H,24,25). The van der Waals surface area contributed by atoms with Crippen LogP contribution in [-0.4, -0.2) is 48.0 Å². The molecule has 0 bridgehead atoms. The average molecular weight is 376 g/mol. The lowest BCUT2D eigenvalue weighted by molar-refractivity contribution is -0.142. The van der Waals surface area contributed by atoms with Gasteiger partial charge in [-0.3, -0.25) is 9.59 Å². The molecule has 2 amide bonds. The molecule has 0 radical (unpaired) electrons. The summed E-state index contributed by atoms with van der Waals surface area (Å²) in [5.41, 5.74) is 0.698. The van der Waals surface area contributed by atoms with Crippen LogP contribution in [0.2, 0.25) is 0 Å². The maximum Gasteiger partial charge on any atom is 0.335 e. The summed E-state index contributed by atoms with van der Waals surface area (Å²) in [6, 6.07) is 4.65. The van der Waals surface area contributed by atoms with Gasteiger partial charge in [-0.05, 0) is 36.6 Å². The van der Waals surface area contributed by atoms with Crippen molar-refractivity contribution in [1.82, 2.24) is 4.90 Å². The molecule has 2 rings (SSSR count). The molecular formula is C20H28N2O5. The zero-order valence-corrected chi connectivity index (χ0v) is 16.4. The lowest BCUT2D eigenvalue weighted by atomic mass is 9.91. The van der Waals surface area contributed by atoms with Crippen LogP contribution in [0.1, 0.15) is 49.5 Å². The van der Waals surface area contributed by atoms with Gasteiger partial charge in [-0.25, -0.2) is 4.79 Å². The number of carboxylic acids is 1. The number of carbonyl (C=O) groups excluding carboxylic acids is 2. The summed E-state index contributed by atoms with van der Waals surface area (Å²) in [6.45, 7) is 6.90. The molecular weight excluding hydrogens is 348 g/mol. The molecule has 1 unspecified atom stereocenters. The molecule has 0 aliphatic carbocycles. The highest BCUT2D eigenvalue weighted by Gasteiger charge is 2.33. The van der Waals surface area contributed by atoms with Crippen LogP contribution in [0.3, 0.4) is 0 Å². The molecule has 1 heterocycles.